The third-order valence-electron chi connectivity index (χ3n) is 6.13. The summed E-state index contributed by atoms with van der Waals surface area (Å²) in [6, 6.07) is 5.40. The Morgan fingerprint density at radius 2 is 1.80 bits per heavy atom. The Morgan fingerprint density at radius 3 is 2.39 bits per heavy atom. The number of methoxy groups -OCH3 is 1. The van der Waals surface area contributed by atoms with Crippen LogP contribution in [0, 0.1) is 0 Å². The Morgan fingerprint density at radius 1 is 1.10 bits per heavy atom. The summed E-state index contributed by atoms with van der Waals surface area (Å²) in [5, 5.41) is 25.3. The number of hydrogen-bond donors (Lipinski definition) is 6. The number of nitrogens with one attached hydrogen (secondary N) is 5. The largest absolute Gasteiger partial charge is 0.573 e. The smallest absolute Gasteiger partial charge is 0.475 e. The summed E-state index contributed by atoms with van der Waals surface area (Å²) >= 11 is 3.09. The van der Waals surface area contributed by atoms with Crippen molar-refractivity contribution in [2.75, 3.05) is 32.1 Å². The maximum atomic E-state index is 13.4. The van der Waals surface area contributed by atoms with Crippen molar-refractivity contribution in [3.8, 4) is 5.75 Å². The van der Waals surface area contributed by atoms with E-state index in [1.807, 2.05) is 0 Å². The molecular weight excluding hydrogens is 747 g/mol. The molecule has 2 atom stereocenters. The highest BCUT2D eigenvalue weighted by molar-refractivity contribution is 9.10. The lowest BCUT2D eigenvalue weighted by molar-refractivity contribution is -0.274. The van der Waals surface area contributed by atoms with Gasteiger partial charge in [0.15, 0.2) is 5.96 Å². The Hall–Kier alpha value is -5.15. The van der Waals surface area contributed by atoms with Crippen LogP contribution < -0.4 is 26.0 Å². The SMILES string of the molecule is COC(=O)C[C@H](NC(=O)CNC(=O)c1cc(NC2=NCC(F)CN2)c2cn[nH]c2c1)c1cc(Br)cc(OC(F)(F)F)c1.O=C(O)C(F)(F)F. The van der Waals surface area contributed by atoms with Gasteiger partial charge in [-0.3, -0.25) is 19.5 Å². The molecule has 266 valence electrons. The summed E-state index contributed by atoms with van der Waals surface area (Å²) in [6.07, 6.45) is -10.0. The van der Waals surface area contributed by atoms with Crippen molar-refractivity contribution < 1.29 is 64.5 Å². The molecule has 22 heteroatoms. The summed E-state index contributed by atoms with van der Waals surface area (Å²) in [5.41, 5.74) is 1.21. The zero-order valence-electron chi connectivity index (χ0n) is 24.8. The van der Waals surface area contributed by atoms with Gasteiger partial charge in [-0.15, -0.1) is 13.2 Å². The van der Waals surface area contributed by atoms with E-state index in [0.717, 1.165) is 19.2 Å². The van der Waals surface area contributed by atoms with Gasteiger partial charge < -0.3 is 35.8 Å². The standard InChI is InChI=1S/C25H24BrF4N7O5.C2HF3O2/c1-41-22(39)7-18(12-2-14(26)6-16(3-12)42-25(28,29)30)35-21(38)11-31-23(40)13-4-19(17-10-34-37-20(17)5-13)36-24-32-8-15(27)9-33-24;3-2(4,5)1(6)7/h2-6,10,15,18H,7-9,11H2,1H3,(H,31,40)(H,34,37)(H,35,38)(H2,32,33,36);(H,6,7)/t18-;/m0./s1. The maximum absolute atomic E-state index is 13.4. The van der Waals surface area contributed by atoms with Gasteiger partial charge in [-0.05, 0) is 35.9 Å². The van der Waals surface area contributed by atoms with E-state index in [2.05, 4.69) is 61.9 Å². The molecule has 0 radical (unpaired) electrons. The fourth-order valence-corrected chi connectivity index (χ4v) is 4.49. The topological polar surface area (TPSA) is 196 Å². The number of anilines is 1. The minimum Gasteiger partial charge on any atom is -0.475 e. The number of aromatic nitrogens is 2. The summed E-state index contributed by atoms with van der Waals surface area (Å²) in [4.78, 5) is 50.7. The predicted molar refractivity (Wildman–Crippen MR) is 159 cm³/mol. The zero-order chi connectivity index (χ0) is 36.5. The Balaban J connectivity index is 0.000000838. The normalized spacial score (nSPS) is 15.0. The first-order chi connectivity index (χ1) is 22.8. The van der Waals surface area contributed by atoms with Crippen LogP contribution in [-0.4, -0.2) is 90.5 Å². The number of benzene rings is 2. The van der Waals surface area contributed by atoms with Crippen LogP contribution in [0.4, 0.5) is 36.4 Å². The minimum absolute atomic E-state index is 0.0211. The van der Waals surface area contributed by atoms with E-state index in [-0.39, 0.29) is 28.7 Å². The van der Waals surface area contributed by atoms with Crippen molar-refractivity contribution in [1.29, 1.82) is 0 Å². The number of rotatable bonds is 9. The number of ether oxygens (including phenoxy) is 2. The van der Waals surface area contributed by atoms with E-state index in [0.29, 0.717) is 22.5 Å². The summed E-state index contributed by atoms with van der Waals surface area (Å²) in [7, 11) is 1.12. The van der Waals surface area contributed by atoms with Crippen LogP contribution in [0.25, 0.3) is 10.9 Å². The van der Waals surface area contributed by atoms with E-state index in [1.54, 1.807) is 0 Å². The number of H-pyrrole nitrogens is 1. The van der Waals surface area contributed by atoms with Crippen molar-refractivity contribution >= 4 is 62.2 Å². The fraction of sp³-hybridized carbons (Fsp3) is 0.333. The number of carbonyl (C=O) groups excluding carboxylic acids is 3. The highest BCUT2D eigenvalue weighted by atomic mass is 79.9. The number of nitrogens with zero attached hydrogens (tertiary/aromatic N) is 2. The molecule has 0 saturated carbocycles. The lowest BCUT2D eigenvalue weighted by Crippen LogP contribution is -2.41. The predicted octanol–water partition coefficient (Wildman–Crippen LogP) is 3.72. The number of carboxylic acid groups (broad SMARTS) is 1. The lowest BCUT2D eigenvalue weighted by atomic mass is 10.0. The number of carbonyl (C=O) groups is 4. The molecule has 0 spiro atoms. The molecule has 14 nitrogen and oxygen atoms in total. The number of guanidine groups is 1. The summed E-state index contributed by atoms with van der Waals surface area (Å²) in [5.74, 6) is -5.13. The van der Waals surface area contributed by atoms with Gasteiger partial charge in [0.1, 0.15) is 11.9 Å². The molecule has 0 bridgehead atoms. The van der Waals surface area contributed by atoms with E-state index >= 15 is 0 Å². The van der Waals surface area contributed by atoms with Crippen LogP contribution in [-0.2, 0) is 19.1 Å². The fourth-order valence-electron chi connectivity index (χ4n) is 4.00. The van der Waals surface area contributed by atoms with Crippen molar-refractivity contribution in [2.24, 2.45) is 4.99 Å². The minimum atomic E-state index is -5.08. The van der Waals surface area contributed by atoms with Gasteiger partial charge in [-0.1, -0.05) is 15.9 Å². The maximum Gasteiger partial charge on any atom is 0.573 e. The van der Waals surface area contributed by atoms with E-state index in [4.69, 9.17) is 9.90 Å². The Kier molecular flexibility index (Phi) is 12.7. The molecule has 0 aliphatic carbocycles. The number of amides is 2. The number of alkyl halides is 7. The summed E-state index contributed by atoms with van der Waals surface area (Å²) in [6.45, 7) is -0.484. The first-order valence-corrected chi connectivity index (χ1v) is 14.3. The third-order valence-corrected chi connectivity index (χ3v) is 6.59. The number of halogens is 8. The monoisotopic (exact) mass is 771 g/mol. The Bertz CT molecular complexity index is 1720. The molecule has 2 aromatic carbocycles. The quantitative estimate of drug-likeness (QED) is 0.138. The van der Waals surface area contributed by atoms with Gasteiger partial charge >= 0.3 is 24.5 Å². The molecule has 1 aliphatic rings. The molecule has 2 amide bonds. The number of esters is 1. The second kappa shape index (κ2) is 16.3. The van der Waals surface area contributed by atoms with Crippen LogP contribution in [0.5, 0.6) is 5.75 Å². The van der Waals surface area contributed by atoms with Crippen LogP contribution >= 0.6 is 15.9 Å². The summed E-state index contributed by atoms with van der Waals surface area (Å²) < 4.78 is 92.3. The van der Waals surface area contributed by atoms with Crippen molar-refractivity contribution in [2.45, 2.75) is 31.2 Å². The first kappa shape index (κ1) is 38.3. The second-order valence-corrected chi connectivity index (χ2v) is 10.7. The van der Waals surface area contributed by atoms with Gasteiger partial charge in [0, 0.05) is 15.4 Å². The number of carboxylic acids is 1. The molecule has 49 heavy (non-hydrogen) atoms. The number of fused-ring (bicyclic) bond motifs is 1. The van der Waals surface area contributed by atoms with E-state index in [1.165, 1.54) is 24.4 Å². The number of aliphatic imine (C=N–C) groups is 1. The van der Waals surface area contributed by atoms with E-state index in [9.17, 15) is 45.1 Å². The molecule has 3 aromatic rings. The van der Waals surface area contributed by atoms with Crippen LogP contribution in [0.15, 0.2) is 46.0 Å². The van der Waals surface area contributed by atoms with Gasteiger partial charge in [-0.2, -0.15) is 18.3 Å². The van der Waals surface area contributed by atoms with Crippen molar-refractivity contribution in [3.05, 3.63) is 52.1 Å². The lowest BCUT2D eigenvalue weighted by Gasteiger charge is -2.20. The first-order valence-electron chi connectivity index (χ1n) is 13.5. The molecule has 1 aromatic heterocycles. The molecule has 2 heterocycles. The molecule has 6 N–H and O–H groups in total. The number of aromatic amines is 1. The molecule has 1 unspecified atom stereocenters. The van der Waals surface area contributed by atoms with Crippen LogP contribution in [0.3, 0.4) is 0 Å². The molecular formula is C27H25BrF7N7O7. The Labute approximate surface area is 278 Å². The van der Waals surface area contributed by atoms with Gasteiger partial charge in [0.05, 0.1) is 56.6 Å². The molecule has 0 saturated heterocycles. The van der Waals surface area contributed by atoms with Crippen molar-refractivity contribution in [1.82, 2.24) is 26.1 Å². The van der Waals surface area contributed by atoms with Gasteiger partial charge in [0.25, 0.3) is 5.91 Å². The molecule has 1 aliphatic heterocycles. The third kappa shape index (κ3) is 12.1. The molecule has 0 fully saturated rings. The van der Waals surface area contributed by atoms with Crippen LogP contribution in [0.2, 0.25) is 0 Å². The van der Waals surface area contributed by atoms with E-state index < -0.39 is 67.2 Å². The van der Waals surface area contributed by atoms with Gasteiger partial charge in [-0.25, -0.2) is 14.2 Å². The molecule has 4 rings (SSSR count). The average Bonchev–Trinajstić information content (AvgIpc) is 3.48. The number of hydrogen-bond acceptors (Lipinski definition) is 10. The number of aliphatic carboxylic acids is 1. The highest BCUT2D eigenvalue weighted by Crippen LogP contribution is 2.31. The van der Waals surface area contributed by atoms with Gasteiger partial charge in [0.2, 0.25) is 5.91 Å². The highest BCUT2D eigenvalue weighted by Gasteiger charge is 2.38. The zero-order valence-corrected chi connectivity index (χ0v) is 26.3. The second-order valence-electron chi connectivity index (χ2n) is 9.80. The van der Waals surface area contributed by atoms with Crippen molar-refractivity contribution in [3.63, 3.8) is 0 Å². The van der Waals surface area contributed by atoms with Crippen LogP contribution in [0.1, 0.15) is 28.4 Å². The average molecular weight is 772 g/mol.